The third-order valence-electron chi connectivity index (χ3n) is 5.66. The number of carbonyl (C=O) groups is 2. The third kappa shape index (κ3) is 5.80. The van der Waals surface area contributed by atoms with E-state index in [1.165, 1.54) is 16.9 Å². The number of ether oxygens (including phenoxy) is 1. The first kappa shape index (κ1) is 25.1. The lowest BCUT2D eigenvalue weighted by molar-refractivity contribution is 0.0528. The zero-order chi connectivity index (χ0) is 24.9. The molecule has 2 heterocycles. The van der Waals surface area contributed by atoms with Gasteiger partial charge in [0.2, 0.25) is 0 Å². The summed E-state index contributed by atoms with van der Waals surface area (Å²) in [6, 6.07) is 17.6. The Morgan fingerprint density at radius 1 is 1.03 bits per heavy atom. The van der Waals surface area contributed by atoms with Crippen molar-refractivity contribution in [2.75, 3.05) is 11.9 Å². The van der Waals surface area contributed by atoms with E-state index in [9.17, 15) is 9.59 Å². The number of pyridine rings is 1. The highest BCUT2D eigenvalue weighted by Crippen LogP contribution is 2.31. The van der Waals surface area contributed by atoms with Crippen molar-refractivity contribution in [1.29, 1.82) is 0 Å². The van der Waals surface area contributed by atoms with Crippen LogP contribution in [0.15, 0.2) is 59.1 Å². The number of benzene rings is 2. The van der Waals surface area contributed by atoms with Crippen molar-refractivity contribution in [2.24, 2.45) is 0 Å². The molecular weight excluding hydrogens is 524 g/mol. The Hall–Kier alpha value is -3.03. The molecule has 0 bridgehead atoms. The summed E-state index contributed by atoms with van der Waals surface area (Å²) in [5.74, 6) is -0.748. The van der Waals surface area contributed by atoms with Crippen molar-refractivity contribution in [3.63, 3.8) is 0 Å². The summed E-state index contributed by atoms with van der Waals surface area (Å²) in [7, 11) is 0. The number of esters is 1. The van der Waals surface area contributed by atoms with Crippen LogP contribution in [-0.4, -0.2) is 23.5 Å². The molecule has 180 valence electrons. The van der Waals surface area contributed by atoms with Crippen LogP contribution in [0.2, 0.25) is 0 Å². The molecule has 5 nitrogen and oxygen atoms in total. The molecule has 0 aliphatic rings. The van der Waals surface area contributed by atoms with Gasteiger partial charge in [-0.05, 0) is 62.6 Å². The lowest BCUT2D eigenvalue weighted by Crippen LogP contribution is -2.15. The normalized spacial score (nSPS) is 11.0. The maximum atomic E-state index is 13.5. The fourth-order valence-corrected chi connectivity index (χ4v) is 5.15. The Kier molecular flexibility index (Phi) is 7.98. The van der Waals surface area contributed by atoms with E-state index in [4.69, 9.17) is 9.72 Å². The molecule has 2 aromatic heterocycles. The second-order valence-corrected chi connectivity index (χ2v) is 10.5. The molecule has 0 saturated carbocycles. The molecule has 4 rings (SSSR count). The summed E-state index contributed by atoms with van der Waals surface area (Å²) in [6.45, 7) is 6.11. The average Bonchev–Trinajstić information content (AvgIpc) is 3.22. The Labute approximate surface area is 217 Å². The van der Waals surface area contributed by atoms with Gasteiger partial charge in [-0.25, -0.2) is 9.78 Å². The highest BCUT2D eigenvalue weighted by atomic mass is 79.9. The number of fused-ring (bicyclic) bond motifs is 1. The highest BCUT2D eigenvalue weighted by Gasteiger charge is 2.21. The SMILES string of the molecule is CCCCc1ccc(-c2cc(C(=O)Nc3sc(C)cc3C(=O)OCC)c3cc(Br)ccc3n2)cc1. The lowest BCUT2D eigenvalue weighted by atomic mass is 10.0. The van der Waals surface area contributed by atoms with Crippen molar-refractivity contribution in [1.82, 2.24) is 4.98 Å². The summed E-state index contributed by atoms with van der Waals surface area (Å²) < 4.78 is 6.02. The fourth-order valence-electron chi connectivity index (χ4n) is 3.89. The van der Waals surface area contributed by atoms with E-state index >= 15 is 0 Å². The number of halogens is 1. The van der Waals surface area contributed by atoms with Crippen LogP contribution in [0.3, 0.4) is 0 Å². The maximum absolute atomic E-state index is 13.5. The third-order valence-corrected chi connectivity index (χ3v) is 7.12. The molecule has 0 radical (unpaired) electrons. The highest BCUT2D eigenvalue weighted by molar-refractivity contribution is 9.10. The van der Waals surface area contributed by atoms with Gasteiger partial charge in [0.25, 0.3) is 5.91 Å². The average molecular weight is 552 g/mol. The predicted octanol–water partition coefficient (Wildman–Crippen LogP) is 7.81. The van der Waals surface area contributed by atoms with Crippen LogP contribution >= 0.6 is 27.3 Å². The number of anilines is 1. The predicted molar refractivity (Wildman–Crippen MR) is 146 cm³/mol. The number of nitrogens with one attached hydrogen (secondary N) is 1. The van der Waals surface area contributed by atoms with Crippen LogP contribution in [0.25, 0.3) is 22.2 Å². The Balaban J connectivity index is 1.73. The summed E-state index contributed by atoms with van der Waals surface area (Å²) in [5.41, 5.74) is 4.53. The molecule has 0 saturated heterocycles. The number of hydrogen-bond acceptors (Lipinski definition) is 5. The van der Waals surface area contributed by atoms with Crippen LogP contribution in [0.4, 0.5) is 5.00 Å². The number of rotatable bonds is 8. The van der Waals surface area contributed by atoms with Crippen LogP contribution in [-0.2, 0) is 11.2 Å². The zero-order valence-electron chi connectivity index (χ0n) is 20.0. The minimum Gasteiger partial charge on any atom is -0.462 e. The molecule has 2 aromatic carbocycles. The first-order valence-corrected chi connectivity index (χ1v) is 13.3. The maximum Gasteiger partial charge on any atom is 0.341 e. The lowest BCUT2D eigenvalue weighted by Gasteiger charge is -2.12. The standard InChI is InChI=1S/C28H27BrN2O3S/c1-4-6-7-18-8-10-19(11-9-18)25-16-22(21-15-20(29)12-13-24(21)30-25)26(32)31-27-23(14-17(3)35-27)28(33)34-5-2/h8-16H,4-7H2,1-3H3,(H,31,32). The second kappa shape index (κ2) is 11.1. The summed E-state index contributed by atoms with van der Waals surface area (Å²) in [4.78, 5) is 31.7. The van der Waals surface area contributed by atoms with Gasteiger partial charge in [0.1, 0.15) is 5.00 Å². The first-order chi connectivity index (χ1) is 16.9. The summed E-state index contributed by atoms with van der Waals surface area (Å²) in [6.07, 6.45) is 3.36. The smallest absolute Gasteiger partial charge is 0.341 e. The molecule has 0 atom stereocenters. The Bertz CT molecular complexity index is 1380. The van der Waals surface area contributed by atoms with Crippen LogP contribution in [0.5, 0.6) is 0 Å². The number of aryl methyl sites for hydroxylation is 2. The number of carbonyl (C=O) groups excluding carboxylic acids is 2. The molecule has 4 aromatic rings. The van der Waals surface area contributed by atoms with Gasteiger partial charge in [0.15, 0.2) is 0 Å². The topological polar surface area (TPSA) is 68.3 Å². The molecule has 1 amide bonds. The van der Waals surface area contributed by atoms with E-state index < -0.39 is 5.97 Å². The number of amides is 1. The number of nitrogens with zero attached hydrogens (tertiary/aromatic N) is 1. The molecule has 0 spiro atoms. The van der Waals surface area contributed by atoms with Gasteiger partial charge in [0.05, 0.1) is 28.9 Å². The molecule has 35 heavy (non-hydrogen) atoms. The van der Waals surface area contributed by atoms with Gasteiger partial charge in [-0.15, -0.1) is 11.3 Å². The molecule has 7 heteroatoms. The van der Waals surface area contributed by atoms with Crippen LogP contribution in [0.1, 0.15) is 57.8 Å². The van der Waals surface area contributed by atoms with E-state index in [-0.39, 0.29) is 12.5 Å². The van der Waals surface area contributed by atoms with E-state index in [0.717, 1.165) is 50.8 Å². The monoisotopic (exact) mass is 550 g/mol. The van der Waals surface area contributed by atoms with E-state index in [2.05, 4.69) is 52.4 Å². The quantitative estimate of drug-likeness (QED) is 0.227. The number of aromatic nitrogens is 1. The molecule has 0 unspecified atom stereocenters. The zero-order valence-corrected chi connectivity index (χ0v) is 22.4. The van der Waals surface area contributed by atoms with Gasteiger partial charge in [0, 0.05) is 20.3 Å². The minimum atomic E-state index is -0.446. The van der Waals surface area contributed by atoms with Crippen molar-refractivity contribution in [2.45, 2.75) is 40.0 Å². The van der Waals surface area contributed by atoms with Crippen LogP contribution < -0.4 is 5.32 Å². The van der Waals surface area contributed by atoms with Crippen LogP contribution in [0, 0.1) is 6.92 Å². The van der Waals surface area contributed by atoms with Crippen molar-refractivity contribution in [3.8, 4) is 11.3 Å². The van der Waals surface area contributed by atoms with Gasteiger partial charge < -0.3 is 10.1 Å². The Morgan fingerprint density at radius 3 is 2.51 bits per heavy atom. The first-order valence-electron chi connectivity index (χ1n) is 11.7. The number of unbranched alkanes of at least 4 members (excludes halogenated alkanes) is 1. The van der Waals surface area contributed by atoms with Crippen molar-refractivity contribution in [3.05, 3.63) is 80.6 Å². The van der Waals surface area contributed by atoms with E-state index in [1.54, 1.807) is 13.0 Å². The molecule has 0 aliphatic carbocycles. The largest absolute Gasteiger partial charge is 0.462 e. The summed E-state index contributed by atoms with van der Waals surface area (Å²) in [5, 5.41) is 4.15. The van der Waals surface area contributed by atoms with Gasteiger partial charge in [-0.1, -0.05) is 53.5 Å². The minimum absolute atomic E-state index is 0.269. The molecule has 0 fully saturated rings. The second-order valence-electron chi connectivity index (χ2n) is 8.29. The fraction of sp³-hybridized carbons (Fsp3) is 0.250. The summed E-state index contributed by atoms with van der Waals surface area (Å²) >= 11 is 4.86. The van der Waals surface area contributed by atoms with E-state index in [1.807, 2.05) is 31.2 Å². The Morgan fingerprint density at radius 2 is 1.80 bits per heavy atom. The number of thiophene rings is 1. The van der Waals surface area contributed by atoms with Gasteiger partial charge in [-0.2, -0.15) is 0 Å². The number of hydrogen-bond donors (Lipinski definition) is 1. The van der Waals surface area contributed by atoms with Gasteiger partial charge >= 0.3 is 5.97 Å². The molecule has 1 N–H and O–H groups in total. The van der Waals surface area contributed by atoms with Crippen molar-refractivity contribution < 1.29 is 14.3 Å². The molecular formula is C28H27BrN2O3S. The van der Waals surface area contributed by atoms with Crippen molar-refractivity contribution >= 4 is 55.0 Å². The van der Waals surface area contributed by atoms with E-state index in [0.29, 0.717) is 16.1 Å². The van der Waals surface area contributed by atoms with Gasteiger partial charge in [-0.3, -0.25) is 4.79 Å². The molecule has 0 aliphatic heterocycles.